The molecule has 0 fully saturated rings. The van der Waals surface area contributed by atoms with E-state index in [-0.39, 0.29) is 16.2 Å². The average Bonchev–Trinajstić information content (AvgIpc) is 2.44. The minimum atomic E-state index is -0.840. The Morgan fingerprint density at radius 2 is 2.50 bits per heavy atom. The smallest absolute Gasteiger partial charge is 0.273 e. The van der Waals surface area contributed by atoms with Crippen molar-refractivity contribution in [3.63, 3.8) is 0 Å². The Hall–Kier alpha value is -1.83. The zero-order valence-electron chi connectivity index (χ0n) is 7.22. The molecule has 14 heavy (non-hydrogen) atoms. The number of aromatic nitrogens is 1. The molecule has 0 unspecified atom stereocenters. The molecule has 0 atom stereocenters. The minimum absolute atomic E-state index is 0.0364. The Labute approximate surface area is 82.5 Å². The van der Waals surface area contributed by atoms with Gasteiger partial charge in [0.05, 0.1) is 0 Å². The topological polar surface area (TPSA) is 114 Å². The van der Waals surface area contributed by atoms with Crippen LogP contribution < -0.4 is 10.5 Å². The second-order valence-corrected chi connectivity index (χ2v) is 3.08. The lowest BCUT2D eigenvalue weighted by Gasteiger charge is -2.00. The number of oxime groups is 1. The number of hydrogen-bond donors (Lipinski definition) is 3. The molecule has 0 saturated heterocycles. The highest BCUT2D eigenvalue weighted by molar-refractivity contribution is 7.07. The molecule has 7 nitrogen and oxygen atoms in total. The quantitative estimate of drug-likeness (QED) is 0.345. The third-order valence-electron chi connectivity index (χ3n) is 1.36. The predicted octanol–water partition coefficient (Wildman–Crippen LogP) is -0.898. The van der Waals surface area contributed by atoms with Gasteiger partial charge in [-0.25, -0.2) is 0 Å². The first-order valence-electron chi connectivity index (χ1n) is 3.43. The fraction of sp³-hybridized carbons (Fsp3) is 0.167. The van der Waals surface area contributed by atoms with Gasteiger partial charge >= 0.3 is 0 Å². The van der Waals surface area contributed by atoms with Crippen LogP contribution in [0.5, 0.6) is 0 Å². The van der Waals surface area contributed by atoms with Gasteiger partial charge in [0.25, 0.3) is 5.91 Å². The van der Waals surface area contributed by atoms with Gasteiger partial charge in [-0.1, -0.05) is 5.16 Å². The molecule has 0 aliphatic carbocycles. The lowest BCUT2D eigenvalue weighted by molar-refractivity contribution is -0.112. The van der Waals surface area contributed by atoms with E-state index in [1.165, 1.54) is 12.5 Å². The van der Waals surface area contributed by atoms with Gasteiger partial charge < -0.3 is 15.8 Å². The van der Waals surface area contributed by atoms with E-state index in [0.717, 1.165) is 11.3 Å². The second-order valence-electron chi connectivity index (χ2n) is 2.22. The molecule has 8 heteroatoms. The number of carbonyl (C=O) groups excluding carboxylic acids is 1. The molecular weight excluding hydrogens is 208 g/mol. The summed E-state index contributed by atoms with van der Waals surface area (Å²) in [4.78, 5) is 15.1. The van der Waals surface area contributed by atoms with Gasteiger partial charge in [-0.3, -0.25) is 10.2 Å². The SMILES string of the molecule is CO/N=C(\C(N)=O)c1csc(=N)n1O. The van der Waals surface area contributed by atoms with Crippen LogP contribution in [0.15, 0.2) is 10.5 Å². The molecular formula is C6H8N4O3S. The first-order valence-corrected chi connectivity index (χ1v) is 4.31. The lowest BCUT2D eigenvalue weighted by atomic mass is 10.3. The number of hydrogen-bond acceptors (Lipinski definition) is 6. The Balaban J connectivity index is 3.26. The number of primary amides is 1. The minimum Gasteiger partial charge on any atom is -0.425 e. The van der Waals surface area contributed by atoms with Gasteiger partial charge in [0.15, 0.2) is 5.71 Å². The van der Waals surface area contributed by atoms with E-state index < -0.39 is 5.91 Å². The Kier molecular flexibility index (Phi) is 2.87. The molecule has 1 amide bonds. The maximum absolute atomic E-state index is 10.9. The van der Waals surface area contributed by atoms with Crippen LogP contribution in [0.4, 0.5) is 0 Å². The number of nitrogens with one attached hydrogen (secondary N) is 1. The van der Waals surface area contributed by atoms with E-state index in [4.69, 9.17) is 11.1 Å². The highest BCUT2D eigenvalue weighted by Crippen LogP contribution is 2.02. The summed E-state index contributed by atoms with van der Waals surface area (Å²) in [5.74, 6) is -0.840. The van der Waals surface area contributed by atoms with E-state index >= 15 is 0 Å². The molecule has 0 spiro atoms. The van der Waals surface area contributed by atoms with Crippen molar-refractivity contribution < 1.29 is 14.8 Å². The summed E-state index contributed by atoms with van der Waals surface area (Å²) < 4.78 is 0.507. The maximum atomic E-state index is 10.9. The molecule has 0 saturated carbocycles. The number of amides is 1. The molecule has 1 heterocycles. The number of carbonyl (C=O) groups is 1. The third kappa shape index (κ3) is 1.74. The first-order chi connectivity index (χ1) is 6.57. The standard InChI is InChI=1S/C6H8N4O3S/c1-13-9-4(5(7)11)3-2-14-6(8)10(3)12/h2,8,12H,1H3,(H2,7,11)/b8-6?,9-4-. The first kappa shape index (κ1) is 10.3. The summed E-state index contributed by atoms with van der Waals surface area (Å²) >= 11 is 0.938. The number of thiazole rings is 1. The van der Waals surface area contributed by atoms with Gasteiger partial charge in [-0.2, -0.15) is 4.73 Å². The van der Waals surface area contributed by atoms with Crippen molar-refractivity contribution in [1.29, 1.82) is 5.41 Å². The van der Waals surface area contributed by atoms with E-state index in [9.17, 15) is 10.0 Å². The summed E-state index contributed by atoms with van der Waals surface area (Å²) in [7, 11) is 1.25. The molecule has 4 N–H and O–H groups in total. The molecule has 76 valence electrons. The van der Waals surface area contributed by atoms with Crippen molar-refractivity contribution >= 4 is 23.0 Å². The van der Waals surface area contributed by atoms with Gasteiger partial charge in [-0.05, 0) is 0 Å². The molecule has 0 bridgehead atoms. The Morgan fingerprint density at radius 1 is 1.86 bits per heavy atom. The summed E-state index contributed by atoms with van der Waals surface area (Å²) in [6, 6.07) is 0. The summed E-state index contributed by atoms with van der Waals surface area (Å²) in [5.41, 5.74) is 4.81. The van der Waals surface area contributed by atoms with Crippen LogP contribution in [0.25, 0.3) is 0 Å². The zero-order valence-corrected chi connectivity index (χ0v) is 8.04. The van der Waals surface area contributed by atoms with Crippen molar-refractivity contribution in [1.82, 2.24) is 4.73 Å². The van der Waals surface area contributed by atoms with Gasteiger partial charge in [0.1, 0.15) is 12.8 Å². The summed E-state index contributed by atoms with van der Waals surface area (Å²) in [6.07, 6.45) is 0. The van der Waals surface area contributed by atoms with E-state index in [2.05, 4.69) is 9.99 Å². The van der Waals surface area contributed by atoms with Crippen molar-refractivity contribution in [2.45, 2.75) is 0 Å². The monoisotopic (exact) mass is 216 g/mol. The van der Waals surface area contributed by atoms with Crippen LogP contribution in [-0.2, 0) is 9.63 Å². The molecule has 1 aromatic heterocycles. The highest BCUT2D eigenvalue weighted by atomic mass is 32.1. The summed E-state index contributed by atoms with van der Waals surface area (Å²) in [6.45, 7) is 0. The van der Waals surface area contributed by atoms with Crippen molar-refractivity contribution in [2.24, 2.45) is 10.9 Å². The van der Waals surface area contributed by atoms with Gasteiger partial charge in [-0.15, -0.1) is 11.3 Å². The van der Waals surface area contributed by atoms with Crippen LogP contribution in [0, 0.1) is 5.41 Å². The average molecular weight is 216 g/mol. The van der Waals surface area contributed by atoms with E-state index in [0.29, 0.717) is 4.73 Å². The molecule has 0 aromatic carbocycles. The zero-order chi connectivity index (χ0) is 10.7. The van der Waals surface area contributed by atoms with Crippen molar-refractivity contribution in [2.75, 3.05) is 7.11 Å². The molecule has 0 aliphatic rings. The lowest BCUT2D eigenvalue weighted by Crippen LogP contribution is -2.28. The predicted molar refractivity (Wildman–Crippen MR) is 48.1 cm³/mol. The third-order valence-corrected chi connectivity index (χ3v) is 2.10. The largest absolute Gasteiger partial charge is 0.425 e. The second kappa shape index (κ2) is 3.92. The van der Waals surface area contributed by atoms with Crippen LogP contribution in [0.1, 0.15) is 5.69 Å². The molecule has 0 aliphatic heterocycles. The Bertz CT molecular complexity index is 433. The molecule has 1 rings (SSSR count). The van der Waals surface area contributed by atoms with E-state index in [1.807, 2.05) is 0 Å². The van der Waals surface area contributed by atoms with Crippen molar-refractivity contribution in [3.8, 4) is 0 Å². The normalized spacial score (nSPS) is 11.4. The number of nitrogens with zero attached hydrogens (tertiary/aromatic N) is 2. The fourth-order valence-corrected chi connectivity index (χ4v) is 1.42. The van der Waals surface area contributed by atoms with Crippen LogP contribution >= 0.6 is 11.3 Å². The summed E-state index contributed by atoms with van der Waals surface area (Å²) in [5, 5.41) is 21.2. The maximum Gasteiger partial charge on any atom is 0.273 e. The number of rotatable bonds is 3. The number of nitrogens with two attached hydrogens (primary N) is 1. The van der Waals surface area contributed by atoms with Crippen LogP contribution in [0.3, 0.4) is 0 Å². The molecule has 1 aromatic rings. The van der Waals surface area contributed by atoms with Crippen molar-refractivity contribution in [3.05, 3.63) is 15.9 Å². The Morgan fingerprint density at radius 3 is 2.86 bits per heavy atom. The fourth-order valence-electron chi connectivity index (χ4n) is 0.786. The van der Waals surface area contributed by atoms with E-state index in [1.54, 1.807) is 0 Å². The highest BCUT2D eigenvalue weighted by Gasteiger charge is 2.17. The molecule has 0 radical (unpaired) electrons. The van der Waals surface area contributed by atoms with Crippen LogP contribution in [-0.4, -0.2) is 28.7 Å². The van der Waals surface area contributed by atoms with Gasteiger partial charge in [0.2, 0.25) is 4.80 Å². The van der Waals surface area contributed by atoms with Crippen LogP contribution in [0.2, 0.25) is 0 Å². The van der Waals surface area contributed by atoms with Gasteiger partial charge in [0, 0.05) is 5.38 Å².